The molecule has 0 saturated carbocycles. The Hall–Kier alpha value is -1.01. The zero-order chi connectivity index (χ0) is 15.2. The highest BCUT2D eigenvalue weighted by Crippen LogP contribution is 2.29. The molecule has 0 radical (unpaired) electrons. The number of para-hydroxylation sites is 2. The molecule has 8 heteroatoms. The molecule has 0 saturated heterocycles. The first-order valence-corrected chi connectivity index (χ1v) is 6.95. The van der Waals surface area contributed by atoms with Crippen LogP contribution in [0.25, 0.3) is 0 Å². The molecule has 2 amide bonds. The average Bonchev–Trinajstić information content (AvgIpc) is 2.37. The monoisotopic (exact) mass is 337 g/mol. The van der Waals surface area contributed by atoms with Gasteiger partial charge in [-0.2, -0.15) is 0 Å². The maximum absolute atomic E-state index is 11.6. The molecule has 0 spiro atoms. The molecule has 110 valence electrons. The van der Waals surface area contributed by atoms with Gasteiger partial charge in [0.1, 0.15) is 0 Å². The fourth-order valence-electron chi connectivity index (χ4n) is 1.37. The molecule has 4 N–H and O–H groups in total. The first-order valence-electron chi connectivity index (χ1n) is 5.81. The molecule has 20 heavy (non-hydrogen) atoms. The first kappa shape index (κ1) is 17.0. The minimum Gasteiger partial charge on any atom is -0.330 e. The van der Waals surface area contributed by atoms with Crippen LogP contribution in [-0.4, -0.2) is 22.2 Å². The quantitative estimate of drug-likeness (QED) is 0.722. The van der Waals surface area contributed by atoms with Crippen molar-refractivity contribution >= 4 is 58.0 Å². The van der Waals surface area contributed by atoms with Crippen molar-refractivity contribution in [2.24, 2.45) is 5.73 Å². The summed E-state index contributed by atoms with van der Waals surface area (Å²) in [5.74, 6) is -1.00. The number of carbonyl (C=O) groups excluding carboxylic acids is 2. The molecule has 0 aromatic heterocycles. The SMILES string of the molecule is NCCCC(=O)Nc1ccccc1NC(=O)C(Cl)(Cl)Cl. The number of benzene rings is 1. The van der Waals surface area contributed by atoms with Crippen molar-refractivity contribution in [1.29, 1.82) is 0 Å². The van der Waals surface area contributed by atoms with E-state index in [0.717, 1.165) is 0 Å². The Bertz CT molecular complexity index is 489. The van der Waals surface area contributed by atoms with Gasteiger partial charge in [-0.3, -0.25) is 9.59 Å². The van der Waals surface area contributed by atoms with Crippen molar-refractivity contribution in [3.8, 4) is 0 Å². The van der Waals surface area contributed by atoms with E-state index in [4.69, 9.17) is 40.5 Å². The topological polar surface area (TPSA) is 84.2 Å². The van der Waals surface area contributed by atoms with Crippen LogP contribution in [0, 0.1) is 0 Å². The minimum atomic E-state index is -2.07. The fraction of sp³-hybridized carbons (Fsp3) is 0.333. The number of halogens is 3. The van der Waals surface area contributed by atoms with E-state index in [1.807, 2.05) is 0 Å². The highest BCUT2D eigenvalue weighted by Gasteiger charge is 2.31. The smallest absolute Gasteiger partial charge is 0.276 e. The molecule has 5 nitrogen and oxygen atoms in total. The van der Waals surface area contributed by atoms with Crippen LogP contribution in [0.5, 0.6) is 0 Å². The molecule has 0 heterocycles. The average molecular weight is 339 g/mol. The number of nitrogens with one attached hydrogen (secondary N) is 2. The summed E-state index contributed by atoms with van der Waals surface area (Å²) in [5, 5.41) is 5.10. The van der Waals surface area contributed by atoms with Crippen molar-refractivity contribution in [3.63, 3.8) is 0 Å². The number of alkyl halides is 3. The van der Waals surface area contributed by atoms with Gasteiger partial charge >= 0.3 is 0 Å². The molecule has 1 aromatic rings. The van der Waals surface area contributed by atoms with Gasteiger partial charge in [0, 0.05) is 6.42 Å². The Morgan fingerprint density at radius 3 is 2.15 bits per heavy atom. The second kappa shape index (κ2) is 7.69. The molecular formula is C12H14Cl3N3O2. The first-order chi connectivity index (χ1) is 9.34. The maximum Gasteiger partial charge on any atom is 0.276 e. The van der Waals surface area contributed by atoms with E-state index >= 15 is 0 Å². The van der Waals surface area contributed by atoms with Crippen molar-refractivity contribution in [1.82, 2.24) is 0 Å². The van der Waals surface area contributed by atoms with Crippen molar-refractivity contribution < 1.29 is 9.59 Å². The normalized spacial score (nSPS) is 11.0. The van der Waals surface area contributed by atoms with E-state index < -0.39 is 9.70 Å². The third-order valence-corrected chi connectivity index (χ3v) is 2.83. The van der Waals surface area contributed by atoms with Crippen LogP contribution in [0.15, 0.2) is 24.3 Å². The maximum atomic E-state index is 11.6. The summed E-state index contributed by atoms with van der Waals surface area (Å²) < 4.78 is -2.07. The van der Waals surface area contributed by atoms with Gasteiger partial charge in [0.25, 0.3) is 9.70 Å². The molecule has 0 unspecified atom stereocenters. The highest BCUT2D eigenvalue weighted by atomic mass is 35.6. The van der Waals surface area contributed by atoms with Crippen LogP contribution in [0.1, 0.15) is 12.8 Å². The number of hydrogen-bond acceptors (Lipinski definition) is 3. The summed E-state index contributed by atoms with van der Waals surface area (Å²) >= 11 is 16.4. The molecule has 1 aromatic carbocycles. The van der Waals surface area contributed by atoms with E-state index in [2.05, 4.69) is 10.6 Å². The van der Waals surface area contributed by atoms with Crippen LogP contribution in [0.2, 0.25) is 0 Å². The Labute approximate surface area is 131 Å². The Morgan fingerprint density at radius 2 is 1.65 bits per heavy atom. The van der Waals surface area contributed by atoms with Gasteiger partial charge in [-0.25, -0.2) is 0 Å². The second-order valence-electron chi connectivity index (χ2n) is 3.94. The van der Waals surface area contributed by atoms with E-state index in [-0.39, 0.29) is 5.91 Å². The molecule has 0 bridgehead atoms. The van der Waals surface area contributed by atoms with Gasteiger partial charge < -0.3 is 16.4 Å². The van der Waals surface area contributed by atoms with Crippen LogP contribution in [0.4, 0.5) is 11.4 Å². The zero-order valence-corrected chi connectivity index (χ0v) is 12.7. The molecular weight excluding hydrogens is 325 g/mol. The predicted octanol–water partition coefficient (Wildman–Crippen LogP) is 2.67. The molecule has 0 atom stereocenters. The lowest BCUT2D eigenvalue weighted by atomic mass is 10.2. The summed E-state index contributed by atoms with van der Waals surface area (Å²) in [4.78, 5) is 23.3. The molecule has 0 aliphatic carbocycles. The van der Waals surface area contributed by atoms with Crippen LogP contribution < -0.4 is 16.4 Å². The number of rotatable bonds is 5. The number of amides is 2. The van der Waals surface area contributed by atoms with E-state index in [0.29, 0.717) is 30.8 Å². The lowest BCUT2D eigenvalue weighted by Gasteiger charge is -2.15. The summed E-state index contributed by atoms with van der Waals surface area (Å²) in [5.41, 5.74) is 6.11. The van der Waals surface area contributed by atoms with Crippen LogP contribution in [-0.2, 0) is 9.59 Å². The fourth-order valence-corrected chi connectivity index (χ4v) is 1.51. The van der Waals surface area contributed by atoms with E-state index in [1.165, 1.54) is 0 Å². The van der Waals surface area contributed by atoms with Gasteiger partial charge in [0.05, 0.1) is 11.4 Å². The van der Waals surface area contributed by atoms with Crippen LogP contribution >= 0.6 is 34.8 Å². The minimum absolute atomic E-state index is 0.203. The number of carbonyl (C=O) groups is 2. The third-order valence-electron chi connectivity index (χ3n) is 2.31. The largest absolute Gasteiger partial charge is 0.330 e. The lowest BCUT2D eigenvalue weighted by Crippen LogP contribution is -2.27. The standard InChI is InChI=1S/C12H14Cl3N3O2/c13-12(14,15)11(20)18-9-5-2-1-4-8(9)17-10(19)6-3-7-16/h1-2,4-5H,3,6-7,16H2,(H,17,19)(H,18,20). The van der Waals surface area contributed by atoms with Gasteiger partial charge in [-0.05, 0) is 25.1 Å². The summed E-state index contributed by atoms with van der Waals surface area (Å²) in [7, 11) is 0. The molecule has 0 aliphatic heterocycles. The second-order valence-corrected chi connectivity index (χ2v) is 6.22. The van der Waals surface area contributed by atoms with Gasteiger partial charge in [-0.15, -0.1) is 0 Å². The summed E-state index contributed by atoms with van der Waals surface area (Å²) in [6.45, 7) is 0.430. The molecule has 0 fully saturated rings. The summed E-state index contributed by atoms with van der Waals surface area (Å²) in [6.07, 6.45) is 0.873. The predicted molar refractivity (Wildman–Crippen MR) is 82.3 cm³/mol. The Balaban J connectivity index is 2.78. The number of anilines is 2. The van der Waals surface area contributed by atoms with Crippen molar-refractivity contribution in [2.45, 2.75) is 16.6 Å². The lowest BCUT2D eigenvalue weighted by molar-refractivity contribution is -0.116. The van der Waals surface area contributed by atoms with Gasteiger partial charge in [0.2, 0.25) is 5.91 Å². The zero-order valence-electron chi connectivity index (χ0n) is 10.5. The van der Waals surface area contributed by atoms with Crippen molar-refractivity contribution in [2.75, 3.05) is 17.2 Å². The molecule has 0 aliphatic rings. The van der Waals surface area contributed by atoms with E-state index in [1.54, 1.807) is 24.3 Å². The Kier molecular flexibility index (Phi) is 6.55. The van der Waals surface area contributed by atoms with E-state index in [9.17, 15) is 9.59 Å². The highest BCUT2D eigenvalue weighted by molar-refractivity contribution is 6.76. The van der Waals surface area contributed by atoms with Crippen molar-refractivity contribution in [3.05, 3.63) is 24.3 Å². The summed E-state index contributed by atoms with van der Waals surface area (Å²) in [6, 6.07) is 6.62. The number of nitrogens with two attached hydrogens (primary N) is 1. The van der Waals surface area contributed by atoms with Gasteiger partial charge in [0.15, 0.2) is 0 Å². The molecule has 1 rings (SSSR count). The van der Waals surface area contributed by atoms with Gasteiger partial charge in [-0.1, -0.05) is 46.9 Å². The van der Waals surface area contributed by atoms with Crippen LogP contribution in [0.3, 0.4) is 0 Å². The number of hydrogen-bond donors (Lipinski definition) is 3. The Morgan fingerprint density at radius 1 is 1.10 bits per heavy atom. The third kappa shape index (κ3) is 5.54.